The van der Waals surface area contributed by atoms with Crippen LogP contribution < -0.4 is 10.2 Å². The van der Waals surface area contributed by atoms with Gasteiger partial charge in [-0.15, -0.1) is 0 Å². The molecule has 22 heavy (non-hydrogen) atoms. The van der Waals surface area contributed by atoms with Gasteiger partial charge < -0.3 is 10.2 Å². The van der Waals surface area contributed by atoms with Crippen LogP contribution in [0, 0.1) is 5.82 Å². The van der Waals surface area contributed by atoms with Gasteiger partial charge in [0.05, 0.1) is 5.69 Å². The maximum atomic E-state index is 14.1. The highest BCUT2D eigenvalue weighted by molar-refractivity contribution is 6.30. The molecule has 1 N–H and O–H groups in total. The third kappa shape index (κ3) is 2.15. The smallest absolute Gasteiger partial charge is 0.147 e. The molecule has 2 heterocycles. The van der Waals surface area contributed by atoms with Crippen molar-refractivity contribution < 1.29 is 4.39 Å². The van der Waals surface area contributed by atoms with Crippen molar-refractivity contribution in [2.75, 3.05) is 29.9 Å². The number of benzene rings is 2. The number of para-hydroxylation sites is 1. The highest BCUT2D eigenvalue weighted by atomic mass is 35.5. The lowest BCUT2D eigenvalue weighted by molar-refractivity contribution is 0.360. The van der Waals surface area contributed by atoms with Gasteiger partial charge in [-0.1, -0.05) is 29.8 Å². The summed E-state index contributed by atoms with van der Waals surface area (Å²) in [6, 6.07) is 13.5. The second-order valence-electron chi connectivity index (χ2n) is 6.26. The van der Waals surface area contributed by atoms with Crippen molar-refractivity contribution in [3.63, 3.8) is 0 Å². The molecule has 2 aliphatic rings. The van der Waals surface area contributed by atoms with Gasteiger partial charge in [-0.2, -0.15) is 0 Å². The van der Waals surface area contributed by atoms with E-state index in [-0.39, 0.29) is 11.2 Å². The monoisotopic (exact) mass is 316 g/mol. The highest BCUT2D eigenvalue weighted by Gasteiger charge is 2.41. The van der Waals surface area contributed by atoms with Gasteiger partial charge in [0.2, 0.25) is 0 Å². The molecule has 0 bridgehead atoms. The molecule has 114 valence electrons. The predicted molar refractivity (Wildman–Crippen MR) is 89.5 cm³/mol. The summed E-state index contributed by atoms with van der Waals surface area (Å²) in [4.78, 5) is 2.14. The lowest BCUT2D eigenvalue weighted by Gasteiger charge is -2.40. The number of hydrogen-bond acceptors (Lipinski definition) is 2. The zero-order chi connectivity index (χ0) is 15.2. The van der Waals surface area contributed by atoms with Crippen LogP contribution in [-0.2, 0) is 5.41 Å². The lowest BCUT2D eigenvalue weighted by Crippen LogP contribution is -2.44. The van der Waals surface area contributed by atoms with E-state index < -0.39 is 0 Å². The molecule has 2 aliphatic heterocycles. The minimum absolute atomic E-state index is 0.204. The Morgan fingerprint density at radius 3 is 2.64 bits per heavy atom. The molecule has 4 rings (SSSR count). The maximum absolute atomic E-state index is 14.1. The van der Waals surface area contributed by atoms with Crippen LogP contribution in [-0.4, -0.2) is 19.6 Å². The van der Waals surface area contributed by atoms with Crippen molar-refractivity contribution in [2.45, 2.75) is 18.3 Å². The maximum Gasteiger partial charge on any atom is 0.147 e. The molecule has 1 spiro atoms. The Hall–Kier alpha value is -1.74. The fourth-order valence-electron chi connectivity index (χ4n) is 3.82. The molecule has 1 saturated heterocycles. The molecular weight excluding hydrogens is 299 g/mol. The van der Waals surface area contributed by atoms with Crippen LogP contribution in [0.5, 0.6) is 0 Å². The van der Waals surface area contributed by atoms with E-state index in [1.807, 2.05) is 0 Å². The average Bonchev–Trinajstić information content (AvgIpc) is 2.88. The Labute approximate surface area is 134 Å². The van der Waals surface area contributed by atoms with Crippen molar-refractivity contribution >= 4 is 23.0 Å². The number of halogens is 2. The number of nitrogens with one attached hydrogen (secondary N) is 1. The number of fused-ring (bicyclic) bond motifs is 2. The summed E-state index contributed by atoms with van der Waals surface area (Å²) in [7, 11) is 0. The first-order valence-corrected chi connectivity index (χ1v) is 8.09. The molecule has 0 saturated carbocycles. The Morgan fingerprint density at radius 1 is 1.09 bits per heavy atom. The molecule has 0 radical (unpaired) electrons. The molecule has 0 atom stereocenters. The topological polar surface area (TPSA) is 15.3 Å². The SMILES string of the molecule is Fc1cc(Cl)ccc1N1CCC2(CC1)CNc1ccccc12. The number of rotatable bonds is 1. The van der Waals surface area contributed by atoms with Crippen molar-refractivity contribution in [2.24, 2.45) is 0 Å². The normalized spacial score (nSPS) is 19.1. The molecule has 0 aromatic heterocycles. The minimum atomic E-state index is -0.228. The summed E-state index contributed by atoms with van der Waals surface area (Å²) in [5.41, 5.74) is 3.55. The average molecular weight is 317 g/mol. The zero-order valence-corrected chi connectivity index (χ0v) is 13.0. The summed E-state index contributed by atoms with van der Waals surface area (Å²) in [5.74, 6) is -0.228. The standard InChI is InChI=1S/C18H18ClFN2/c19-13-5-6-17(15(20)11-13)22-9-7-18(8-10-22)12-21-16-4-2-1-3-14(16)18/h1-6,11,21H,7-10,12H2. The van der Waals surface area contributed by atoms with Gasteiger partial charge >= 0.3 is 0 Å². The number of anilines is 2. The fraction of sp³-hybridized carbons (Fsp3) is 0.333. The van der Waals surface area contributed by atoms with Crippen LogP contribution in [0.3, 0.4) is 0 Å². The van der Waals surface area contributed by atoms with E-state index >= 15 is 0 Å². The summed E-state index contributed by atoms with van der Waals surface area (Å²) in [6.07, 6.45) is 2.08. The summed E-state index contributed by atoms with van der Waals surface area (Å²) >= 11 is 5.84. The summed E-state index contributed by atoms with van der Waals surface area (Å²) in [5, 5.41) is 3.97. The largest absolute Gasteiger partial charge is 0.384 e. The highest BCUT2D eigenvalue weighted by Crippen LogP contribution is 2.44. The van der Waals surface area contributed by atoms with Crippen molar-refractivity contribution in [3.05, 3.63) is 58.9 Å². The molecule has 0 amide bonds. The summed E-state index contributed by atoms with van der Waals surface area (Å²) in [6.45, 7) is 2.73. The van der Waals surface area contributed by atoms with Crippen LogP contribution in [0.1, 0.15) is 18.4 Å². The van der Waals surface area contributed by atoms with Crippen molar-refractivity contribution in [1.82, 2.24) is 0 Å². The molecule has 1 fully saturated rings. The van der Waals surface area contributed by atoms with Crippen LogP contribution in [0.2, 0.25) is 5.02 Å². The van der Waals surface area contributed by atoms with Crippen molar-refractivity contribution in [3.8, 4) is 0 Å². The van der Waals surface area contributed by atoms with Gasteiger partial charge in [0.1, 0.15) is 5.82 Å². The van der Waals surface area contributed by atoms with E-state index in [1.165, 1.54) is 17.3 Å². The molecule has 0 aliphatic carbocycles. The van der Waals surface area contributed by atoms with Crippen LogP contribution in [0.4, 0.5) is 15.8 Å². The Bertz CT molecular complexity index is 708. The Balaban J connectivity index is 1.56. The minimum Gasteiger partial charge on any atom is -0.384 e. The first kappa shape index (κ1) is 13.9. The second-order valence-corrected chi connectivity index (χ2v) is 6.70. The zero-order valence-electron chi connectivity index (χ0n) is 12.3. The number of hydrogen-bond donors (Lipinski definition) is 1. The van der Waals surface area contributed by atoms with Crippen LogP contribution >= 0.6 is 11.6 Å². The molecule has 0 unspecified atom stereocenters. The van der Waals surface area contributed by atoms with E-state index in [1.54, 1.807) is 12.1 Å². The molecule has 2 aromatic carbocycles. The predicted octanol–water partition coefficient (Wildman–Crippen LogP) is 4.44. The third-order valence-corrected chi connectivity index (χ3v) is 5.32. The molecule has 2 nitrogen and oxygen atoms in total. The molecular formula is C18H18ClFN2. The van der Waals surface area contributed by atoms with E-state index in [0.717, 1.165) is 32.5 Å². The third-order valence-electron chi connectivity index (χ3n) is 5.09. The first-order valence-electron chi connectivity index (χ1n) is 7.71. The lowest BCUT2D eigenvalue weighted by atomic mass is 9.74. The summed E-state index contributed by atoms with van der Waals surface area (Å²) < 4.78 is 14.1. The molecule has 2 aromatic rings. The molecule has 4 heteroatoms. The van der Waals surface area contributed by atoms with Gasteiger partial charge in [-0.3, -0.25) is 0 Å². The van der Waals surface area contributed by atoms with Gasteiger partial charge in [0.15, 0.2) is 0 Å². The first-order chi connectivity index (χ1) is 10.7. The number of nitrogens with zero attached hydrogens (tertiary/aromatic N) is 1. The second kappa shape index (κ2) is 5.17. The van der Waals surface area contributed by atoms with Gasteiger partial charge in [0.25, 0.3) is 0 Å². The van der Waals surface area contributed by atoms with Gasteiger partial charge in [0, 0.05) is 35.8 Å². The van der Waals surface area contributed by atoms with Crippen LogP contribution in [0.15, 0.2) is 42.5 Å². The van der Waals surface area contributed by atoms with Crippen molar-refractivity contribution in [1.29, 1.82) is 0 Å². The quantitative estimate of drug-likeness (QED) is 0.836. The van der Waals surface area contributed by atoms with Gasteiger partial charge in [-0.25, -0.2) is 4.39 Å². The fourth-order valence-corrected chi connectivity index (χ4v) is 3.98. The Kier molecular flexibility index (Phi) is 3.26. The van der Waals surface area contributed by atoms with Crippen LogP contribution in [0.25, 0.3) is 0 Å². The van der Waals surface area contributed by atoms with E-state index in [2.05, 4.69) is 34.5 Å². The van der Waals surface area contributed by atoms with E-state index in [9.17, 15) is 4.39 Å². The number of piperidine rings is 1. The Morgan fingerprint density at radius 2 is 1.86 bits per heavy atom. The van der Waals surface area contributed by atoms with Gasteiger partial charge in [-0.05, 0) is 42.7 Å². The van der Waals surface area contributed by atoms with E-state index in [4.69, 9.17) is 11.6 Å². The van der Waals surface area contributed by atoms with E-state index in [0.29, 0.717) is 10.7 Å².